The number of rotatable bonds is 2. The van der Waals surface area contributed by atoms with Gasteiger partial charge in [-0.05, 0) is 32.9 Å². The zero-order valence-electron chi connectivity index (χ0n) is 9.37. The average Bonchev–Trinajstić information content (AvgIpc) is 2.11. The molecule has 16 heavy (non-hydrogen) atoms. The molecule has 1 atom stereocenters. The predicted octanol–water partition coefficient (Wildman–Crippen LogP) is 2.79. The molecule has 0 spiro atoms. The van der Waals surface area contributed by atoms with E-state index in [0.29, 0.717) is 0 Å². The van der Waals surface area contributed by atoms with Gasteiger partial charge in [-0.15, -0.1) is 0 Å². The lowest BCUT2D eigenvalue weighted by Gasteiger charge is -2.05. The van der Waals surface area contributed by atoms with Crippen LogP contribution >= 0.6 is 0 Å². The molecule has 1 aromatic rings. The van der Waals surface area contributed by atoms with Gasteiger partial charge in [-0.2, -0.15) is 0 Å². The van der Waals surface area contributed by atoms with Gasteiger partial charge in [0.2, 0.25) is 0 Å². The largest absolute Gasteiger partial charge is 0.207 e. The lowest BCUT2D eigenvalue weighted by atomic mass is 10.2. The number of hydrogen-bond acceptors (Lipinski definition) is 1. The van der Waals surface area contributed by atoms with Crippen molar-refractivity contribution in [3.8, 4) is 0 Å². The molecule has 0 aromatic heterocycles. The van der Waals surface area contributed by atoms with Gasteiger partial charge < -0.3 is 0 Å². The molecule has 0 aliphatic carbocycles. The van der Waals surface area contributed by atoms with Crippen LogP contribution in [0.25, 0.3) is 0 Å². The zero-order valence-corrected chi connectivity index (χ0v) is 10.3. The number of nitrogens with zero attached hydrogens (tertiary/aromatic N) is 1. The first kappa shape index (κ1) is 13.0. The summed E-state index contributed by atoms with van der Waals surface area (Å²) in [4.78, 5) is 0. The van der Waals surface area contributed by atoms with Crippen molar-refractivity contribution in [2.45, 2.75) is 25.5 Å². The quantitative estimate of drug-likeness (QED) is 0.448. The normalized spacial score (nSPS) is 14.3. The third-order valence-corrected chi connectivity index (χ3v) is 3.24. The van der Waals surface area contributed by atoms with Crippen molar-refractivity contribution >= 4 is 17.2 Å². The molecule has 1 aromatic carbocycles. The number of hydrogen-bond donors (Lipinski definition) is 0. The van der Waals surface area contributed by atoms with Gasteiger partial charge in [0.15, 0.2) is 11.0 Å². The van der Waals surface area contributed by atoms with Gasteiger partial charge >= 0.3 is 0 Å². The molecule has 0 saturated heterocycles. The Balaban J connectivity index is 2.89. The van der Waals surface area contributed by atoms with E-state index in [1.54, 1.807) is 20.8 Å². The summed E-state index contributed by atoms with van der Waals surface area (Å²) in [6, 6.07) is 3.05. The Morgan fingerprint density at radius 1 is 1.19 bits per heavy atom. The van der Waals surface area contributed by atoms with E-state index in [1.165, 1.54) is 6.21 Å². The summed E-state index contributed by atoms with van der Waals surface area (Å²) in [6.45, 7) is 5.36. The number of benzene rings is 1. The van der Waals surface area contributed by atoms with Crippen LogP contribution in [-0.2, 0) is 15.2 Å². The highest BCUT2D eigenvalue weighted by atomic mass is 32.2. The Bertz CT molecular complexity index is 418. The molecule has 0 N–H and O–H groups in total. The van der Waals surface area contributed by atoms with Gasteiger partial charge in [0.25, 0.3) is 0 Å². The van der Waals surface area contributed by atoms with E-state index in [1.807, 2.05) is 0 Å². The molecule has 0 aliphatic heterocycles. The first-order valence-electron chi connectivity index (χ1n) is 4.76. The van der Waals surface area contributed by atoms with Gasteiger partial charge in [0.1, 0.15) is 16.4 Å². The maximum Gasteiger partial charge on any atom is 0.194 e. The minimum absolute atomic E-state index is 0.269. The second-order valence-electron chi connectivity index (χ2n) is 4.39. The average molecular weight is 246 g/mol. The lowest BCUT2D eigenvalue weighted by Crippen LogP contribution is -2.19. The van der Waals surface area contributed by atoms with Crippen molar-refractivity contribution in [1.29, 1.82) is 0 Å². The Kier molecular flexibility index (Phi) is 3.91. The van der Waals surface area contributed by atoms with Crippen molar-refractivity contribution in [2.75, 3.05) is 0 Å². The summed E-state index contributed by atoms with van der Waals surface area (Å²) < 4.78 is 40.5. The SMILES string of the molecule is CC(C)(C)[SH+](=O)/N=C/c1cc(F)cc(F)c1. The van der Waals surface area contributed by atoms with Crippen LogP contribution < -0.4 is 0 Å². The molecule has 88 valence electrons. The van der Waals surface area contributed by atoms with E-state index in [2.05, 4.69) is 4.40 Å². The highest BCUT2D eigenvalue weighted by Gasteiger charge is 2.24. The lowest BCUT2D eigenvalue weighted by molar-refractivity contribution is 0.576. The summed E-state index contributed by atoms with van der Waals surface area (Å²) in [5.41, 5.74) is 0.269. The Morgan fingerprint density at radius 2 is 1.69 bits per heavy atom. The molecule has 0 bridgehead atoms. The van der Waals surface area contributed by atoms with Crippen LogP contribution in [0.5, 0.6) is 0 Å². The number of halogens is 2. The maximum absolute atomic E-state index is 12.8. The topological polar surface area (TPSA) is 29.4 Å². The van der Waals surface area contributed by atoms with Gasteiger partial charge in [0.05, 0.1) is 6.21 Å². The Hall–Kier alpha value is -1.10. The number of thiol groups is 1. The fraction of sp³-hybridized carbons (Fsp3) is 0.364. The monoisotopic (exact) mass is 246 g/mol. The first-order chi connectivity index (χ1) is 7.29. The molecule has 2 nitrogen and oxygen atoms in total. The van der Waals surface area contributed by atoms with Crippen LogP contribution in [0.2, 0.25) is 0 Å². The van der Waals surface area contributed by atoms with Crippen molar-refractivity contribution in [1.82, 2.24) is 0 Å². The van der Waals surface area contributed by atoms with Gasteiger partial charge in [-0.1, -0.05) is 8.61 Å². The second kappa shape index (κ2) is 4.82. The van der Waals surface area contributed by atoms with Crippen LogP contribution in [0, 0.1) is 11.6 Å². The zero-order chi connectivity index (χ0) is 12.3. The summed E-state index contributed by atoms with van der Waals surface area (Å²) in [7, 11) is -1.79. The van der Waals surface area contributed by atoms with E-state index in [0.717, 1.165) is 18.2 Å². The molecule has 0 saturated carbocycles. The molecule has 0 heterocycles. The summed E-state index contributed by atoms with van der Waals surface area (Å²) in [5, 5.41) is 0. The highest BCUT2D eigenvalue weighted by Crippen LogP contribution is 2.13. The van der Waals surface area contributed by atoms with E-state index in [9.17, 15) is 13.0 Å². The van der Waals surface area contributed by atoms with Crippen LogP contribution in [0.1, 0.15) is 26.3 Å². The Labute approximate surface area is 96.0 Å². The van der Waals surface area contributed by atoms with Crippen LogP contribution in [0.15, 0.2) is 22.6 Å². The van der Waals surface area contributed by atoms with Crippen molar-refractivity contribution in [2.24, 2.45) is 4.40 Å². The van der Waals surface area contributed by atoms with Crippen molar-refractivity contribution in [3.05, 3.63) is 35.4 Å². The van der Waals surface area contributed by atoms with Gasteiger partial charge in [0, 0.05) is 11.6 Å². The standard InChI is InChI=1S/C11H13F2NOS/c1-11(2,3)16(15)14-7-8-4-9(12)6-10(13)5-8/h4-7H,1-3H3/p+1/b14-7+. The fourth-order valence-corrected chi connectivity index (χ4v) is 1.53. The third kappa shape index (κ3) is 3.81. The molecule has 0 aliphatic rings. The third-order valence-electron chi connectivity index (χ3n) is 1.77. The summed E-state index contributed by atoms with van der Waals surface area (Å²) in [5.74, 6) is -1.35. The first-order valence-corrected chi connectivity index (χ1v) is 5.98. The van der Waals surface area contributed by atoms with Crippen LogP contribution in [0.4, 0.5) is 8.78 Å². The molecule has 5 heteroatoms. The minimum Gasteiger partial charge on any atom is -0.207 e. The van der Waals surface area contributed by atoms with E-state index < -0.39 is 27.4 Å². The van der Waals surface area contributed by atoms with Gasteiger partial charge in [-0.3, -0.25) is 0 Å². The molecular weight excluding hydrogens is 232 g/mol. The predicted molar refractivity (Wildman–Crippen MR) is 63.2 cm³/mol. The molecule has 1 rings (SSSR count). The van der Waals surface area contributed by atoms with E-state index in [4.69, 9.17) is 0 Å². The van der Waals surface area contributed by atoms with E-state index >= 15 is 0 Å². The summed E-state index contributed by atoms with van der Waals surface area (Å²) >= 11 is 0. The molecular formula is C11H14F2NOS+. The molecule has 0 fully saturated rings. The molecule has 0 radical (unpaired) electrons. The second-order valence-corrected chi connectivity index (χ2v) is 6.51. The van der Waals surface area contributed by atoms with Crippen molar-refractivity contribution in [3.63, 3.8) is 0 Å². The van der Waals surface area contributed by atoms with E-state index in [-0.39, 0.29) is 5.56 Å². The smallest absolute Gasteiger partial charge is 0.194 e. The molecule has 1 unspecified atom stereocenters. The van der Waals surface area contributed by atoms with Crippen LogP contribution in [0.3, 0.4) is 0 Å². The van der Waals surface area contributed by atoms with Crippen LogP contribution in [-0.4, -0.2) is 11.0 Å². The minimum atomic E-state index is -1.79. The highest BCUT2D eigenvalue weighted by molar-refractivity contribution is 7.85. The van der Waals surface area contributed by atoms with Crippen molar-refractivity contribution < 1.29 is 13.0 Å². The Morgan fingerprint density at radius 3 is 2.12 bits per heavy atom. The maximum atomic E-state index is 12.8. The van der Waals surface area contributed by atoms with Gasteiger partial charge in [-0.25, -0.2) is 8.78 Å². The summed E-state index contributed by atoms with van der Waals surface area (Å²) in [6.07, 6.45) is 1.23. The molecule has 0 amide bonds. The fourth-order valence-electron chi connectivity index (χ4n) is 0.942.